The van der Waals surface area contributed by atoms with Crippen LogP contribution in [0.25, 0.3) is 0 Å². The van der Waals surface area contributed by atoms with Gasteiger partial charge in [0.25, 0.3) is 8.32 Å². The summed E-state index contributed by atoms with van der Waals surface area (Å²) in [6.45, 7) is 6.03. The van der Waals surface area contributed by atoms with Crippen LogP contribution in [0.5, 0.6) is 0 Å². The second-order valence-electron chi connectivity index (χ2n) is 9.28. The average Bonchev–Trinajstić information content (AvgIpc) is 2.86. The highest BCUT2D eigenvalue weighted by atomic mass is 28.4. The van der Waals surface area contributed by atoms with Crippen LogP contribution >= 0.6 is 0 Å². The van der Waals surface area contributed by atoms with Gasteiger partial charge < -0.3 is 9.53 Å². The van der Waals surface area contributed by atoms with Crippen LogP contribution in [0.2, 0.25) is 5.04 Å². The quantitative estimate of drug-likeness (QED) is 0.210. The van der Waals surface area contributed by atoms with Crippen molar-refractivity contribution in [2.75, 3.05) is 0 Å². The van der Waals surface area contributed by atoms with E-state index in [9.17, 15) is 17.6 Å². The Hall–Kier alpha value is -3.40. The van der Waals surface area contributed by atoms with Gasteiger partial charge in [0.2, 0.25) is 23.8 Å². The van der Waals surface area contributed by atoms with Crippen LogP contribution in [0.1, 0.15) is 31.9 Å². The molecule has 0 aliphatic heterocycles. The number of halogens is 4. The Bertz CT molecular complexity index is 1260. The topological polar surface area (TPSA) is 55.2 Å². The molecule has 2 aromatic heterocycles. The predicted molar refractivity (Wildman–Crippen MR) is 137 cm³/mol. The first-order chi connectivity index (χ1) is 17.6. The fourth-order valence-electron chi connectivity index (χ4n) is 4.06. The minimum atomic E-state index is -2.76. The van der Waals surface area contributed by atoms with Crippen molar-refractivity contribution in [1.29, 1.82) is 0 Å². The molecule has 0 bridgehead atoms. The molecule has 0 saturated carbocycles. The lowest BCUT2D eigenvalue weighted by atomic mass is 10.2. The Kier molecular flexibility index (Phi) is 9.31. The van der Waals surface area contributed by atoms with Crippen LogP contribution in [0.15, 0.2) is 84.9 Å². The first-order valence-electron chi connectivity index (χ1n) is 11.6. The smallest absolute Gasteiger partial charge is 0.261 e. The number of rotatable bonds is 6. The maximum atomic E-state index is 14.1. The van der Waals surface area contributed by atoms with Gasteiger partial charge in [-0.3, -0.25) is 0 Å². The number of hydrogen-bond acceptors (Lipinski definition) is 4. The van der Waals surface area contributed by atoms with Gasteiger partial charge in [-0.25, -0.2) is 0 Å². The van der Waals surface area contributed by atoms with E-state index in [-0.39, 0.29) is 22.8 Å². The Balaban J connectivity index is 0.000000319. The van der Waals surface area contributed by atoms with Gasteiger partial charge in [0.05, 0.1) is 13.2 Å². The molecule has 0 aliphatic carbocycles. The normalized spacial score (nSPS) is 11.6. The van der Waals surface area contributed by atoms with Crippen LogP contribution in [-0.2, 0) is 17.6 Å². The molecule has 0 fully saturated rings. The van der Waals surface area contributed by atoms with E-state index in [0.29, 0.717) is 0 Å². The fourth-order valence-corrected chi connectivity index (χ4v) is 8.58. The zero-order valence-electron chi connectivity index (χ0n) is 20.8. The van der Waals surface area contributed by atoms with Gasteiger partial charge in [0.1, 0.15) is 0 Å². The molecule has 4 aromatic rings. The molecule has 0 unspecified atom stereocenters. The van der Waals surface area contributed by atoms with Crippen LogP contribution in [0.3, 0.4) is 0 Å². The monoisotopic (exact) mass is 528 g/mol. The number of nitrogens with zero attached hydrogens (tertiary/aromatic N) is 2. The standard InChI is InChI=1S/C22H23F2NOSi.C6H5F2NO/c1-22(2,3)27(18-10-6-4-7-11-18,19-12-8-5-9-13-19)26-16-17-14-15-20(23)25-21(17)24;7-5-2-1-4(3-10)6(8)9-5/h4-15H,16H2,1-3H3;1-2,10H,3H2. The van der Waals surface area contributed by atoms with Gasteiger partial charge >= 0.3 is 0 Å². The van der Waals surface area contributed by atoms with Crippen molar-refractivity contribution in [3.63, 3.8) is 0 Å². The number of hydrogen-bond donors (Lipinski definition) is 1. The van der Waals surface area contributed by atoms with Crippen molar-refractivity contribution in [1.82, 2.24) is 9.97 Å². The molecule has 0 amide bonds. The molecule has 2 aromatic carbocycles. The first-order valence-corrected chi connectivity index (χ1v) is 13.5. The molecule has 37 heavy (non-hydrogen) atoms. The van der Waals surface area contributed by atoms with Gasteiger partial charge in [-0.2, -0.15) is 27.5 Å². The second-order valence-corrected chi connectivity index (χ2v) is 13.6. The summed E-state index contributed by atoms with van der Waals surface area (Å²) in [4.78, 5) is 6.14. The maximum absolute atomic E-state index is 14.1. The third-order valence-electron chi connectivity index (χ3n) is 5.82. The highest BCUT2D eigenvalue weighted by Gasteiger charge is 2.50. The molecule has 0 radical (unpaired) electrons. The molecule has 4 rings (SSSR count). The van der Waals surface area contributed by atoms with E-state index in [1.807, 2.05) is 36.4 Å². The van der Waals surface area contributed by atoms with Crippen molar-refractivity contribution >= 4 is 18.7 Å². The van der Waals surface area contributed by atoms with E-state index in [0.717, 1.165) is 28.6 Å². The molecule has 0 aliphatic rings. The van der Waals surface area contributed by atoms with E-state index in [1.165, 1.54) is 6.07 Å². The Morgan fingerprint density at radius 1 is 0.676 bits per heavy atom. The number of aliphatic hydroxyl groups is 1. The lowest BCUT2D eigenvalue weighted by molar-refractivity contribution is 0.273. The van der Waals surface area contributed by atoms with Crippen molar-refractivity contribution in [2.24, 2.45) is 0 Å². The molecule has 0 spiro atoms. The molecular formula is C28H28F4N2O2Si. The predicted octanol–water partition coefficient (Wildman–Crippen LogP) is 5.29. The van der Waals surface area contributed by atoms with Crippen LogP contribution in [0, 0.1) is 23.8 Å². The SMILES string of the molecule is CC(C)(C)[Si](OCc1ccc(F)nc1F)(c1ccccc1)c1ccccc1.OCc1ccc(F)nc1F. The lowest BCUT2D eigenvalue weighted by Crippen LogP contribution is -2.66. The molecule has 1 N–H and O–H groups in total. The van der Waals surface area contributed by atoms with Gasteiger partial charge in [-0.1, -0.05) is 81.4 Å². The van der Waals surface area contributed by atoms with E-state index in [1.54, 1.807) is 0 Å². The molecule has 9 heteroatoms. The Labute approximate surface area is 214 Å². The number of benzene rings is 2. The summed E-state index contributed by atoms with van der Waals surface area (Å²) in [6.07, 6.45) is 0. The fraction of sp³-hybridized carbons (Fsp3) is 0.214. The van der Waals surface area contributed by atoms with E-state index < -0.39 is 38.7 Å². The summed E-state index contributed by atoms with van der Waals surface area (Å²) in [5, 5.41) is 10.4. The number of aliphatic hydroxyl groups excluding tert-OH is 1. The molecule has 2 heterocycles. The van der Waals surface area contributed by atoms with E-state index in [2.05, 4.69) is 55.0 Å². The largest absolute Gasteiger partial charge is 0.403 e. The lowest BCUT2D eigenvalue weighted by Gasteiger charge is -2.43. The minimum absolute atomic E-state index is 0.00130. The number of aromatic nitrogens is 2. The molecular weight excluding hydrogens is 500 g/mol. The summed E-state index contributed by atoms with van der Waals surface area (Å²) < 4.78 is 58.3. The third-order valence-corrected chi connectivity index (χ3v) is 10.8. The molecule has 194 valence electrons. The van der Waals surface area contributed by atoms with Crippen LogP contribution in [0.4, 0.5) is 17.6 Å². The maximum Gasteiger partial charge on any atom is 0.261 e. The minimum Gasteiger partial charge on any atom is -0.403 e. The van der Waals surface area contributed by atoms with E-state index in [4.69, 9.17) is 9.53 Å². The van der Waals surface area contributed by atoms with E-state index >= 15 is 0 Å². The first kappa shape index (κ1) is 28.2. The summed E-state index contributed by atoms with van der Waals surface area (Å²) in [5.41, 5.74) is 0.255. The summed E-state index contributed by atoms with van der Waals surface area (Å²) in [5.74, 6) is -3.49. The summed E-state index contributed by atoms with van der Waals surface area (Å²) in [6, 6.07) is 24.9. The van der Waals surface area contributed by atoms with Crippen molar-refractivity contribution in [3.05, 3.63) is 120 Å². The highest BCUT2D eigenvalue weighted by molar-refractivity contribution is 6.99. The highest BCUT2D eigenvalue weighted by Crippen LogP contribution is 2.37. The van der Waals surface area contributed by atoms with Gasteiger partial charge in [0.15, 0.2) is 0 Å². The average molecular weight is 529 g/mol. The molecule has 0 atom stereocenters. The van der Waals surface area contributed by atoms with Crippen LogP contribution in [-0.4, -0.2) is 23.4 Å². The van der Waals surface area contributed by atoms with Gasteiger partial charge in [-0.05, 0) is 39.7 Å². The summed E-state index contributed by atoms with van der Waals surface area (Å²) in [7, 11) is -2.76. The zero-order chi connectivity index (χ0) is 27.1. The van der Waals surface area contributed by atoms with Crippen molar-refractivity contribution < 1.29 is 27.1 Å². The van der Waals surface area contributed by atoms with Gasteiger partial charge in [0, 0.05) is 11.1 Å². The van der Waals surface area contributed by atoms with Crippen LogP contribution < -0.4 is 10.4 Å². The second kappa shape index (κ2) is 12.2. The Morgan fingerprint density at radius 2 is 1.11 bits per heavy atom. The Morgan fingerprint density at radius 3 is 1.49 bits per heavy atom. The summed E-state index contributed by atoms with van der Waals surface area (Å²) >= 11 is 0. The third kappa shape index (κ3) is 6.68. The van der Waals surface area contributed by atoms with Gasteiger partial charge in [-0.15, -0.1) is 0 Å². The zero-order valence-corrected chi connectivity index (χ0v) is 21.8. The van der Waals surface area contributed by atoms with Crippen molar-refractivity contribution in [3.8, 4) is 0 Å². The molecule has 4 nitrogen and oxygen atoms in total. The van der Waals surface area contributed by atoms with Crippen molar-refractivity contribution in [2.45, 2.75) is 39.0 Å². The molecule has 0 saturated heterocycles. The number of pyridine rings is 2.